The van der Waals surface area contributed by atoms with E-state index in [0.29, 0.717) is 5.69 Å². The van der Waals surface area contributed by atoms with Crippen LogP contribution in [0.3, 0.4) is 0 Å². The molecule has 2 aromatic rings. The number of anilines is 1. The fourth-order valence-corrected chi connectivity index (χ4v) is 1.73. The minimum atomic E-state index is -0.431. The first-order valence-corrected chi connectivity index (χ1v) is 6.18. The minimum Gasteiger partial charge on any atom is -0.271 e. The first-order chi connectivity index (χ1) is 9.58. The Labute approximate surface area is 117 Å². The summed E-state index contributed by atoms with van der Waals surface area (Å²) < 4.78 is 0. The van der Waals surface area contributed by atoms with Gasteiger partial charge in [0.1, 0.15) is 5.69 Å². The fourth-order valence-electron chi connectivity index (χ4n) is 1.73. The maximum atomic E-state index is 10.9. The summed E-state index contributed by atoms with van der Waals surface area (Å²) in [6.45, 7) is 3.87. The van der Waals surface area contributed by atoms with Gasteiger partial charge in [-0.15, -0.1) is 0 Å². The number of para-hydroxylation sites is 2. The Morgan fingerprint density at radius 2 is 1.80 bits per heavy atom. The van der Waals surface area contributed by atoms with E-state index in [1.807, 2.05) is 38.1 Å². The third-order valence-electron chi connectivity index (χ3n) is 2.91. The molecule has 0 bridgehead atoms. The summed E-state index contributed by atoms with van der Waals surface area (Å²) in [6, 6.07) is 14.4. The summed E-state index contributed by atoms with van der Waals surface area (Å²) in [5.41, 5.74) is 6.05. The van der Waals surface area contributed by atoms with Crippen molar-refractivity contribution in [2.75, 3.05) is 5.43 Å². The summed E-state index contributed by atoms with van der Waals surface area (Å²) >= 11 is 0. The van der Waals surface area contributed by atoms with E-state index in [4.69, 9.17) is 0 Å². The maximum Gasteiger partial charge on any atom is 0.294 e. The van der Waals surface area contributed by atoms with Crippen molar-refractivity contribution in [3.63, 3.8) is 0 Å². The second kappa shape index (κ2) is 5.97. The van der Waals surface area contributed by atoms with Gasteiger partial charge in [-0.1, -0.05) is 42.0 Å². The average Bonchev–Trinajstić information content (AvgIpc) is 2.45. The number of nitro groups is 1. The van der Waals surface area contributed by atoms with Crippen molar-refractivity contribution in [1.82, 2.24) is 0 Å². The number of nitro benzene ring substituents is 1. The van der Waals surface area contributed by atoms with Gasteiger partial charge in [-0.2, -0.15) is 5.10 Å². The number of nitrogens with zero attached hydrogens (tertiary/aromatic N) is 2. The summed E-state index contributed by atoms with van der Waals surface area (Å²) in [7, 11) is 0. The number of benzene rings is 2. The zero-order valence-corrected chi connectivity index (χ0v) is 11.3. The molecule has 0 radical (unpaired) electrons. The highest BCUT2D eigenvalue weighted by molar-refractivity contribution is 5.99. The number of hydrazone groups is 1. The highest BCUT2D eigenvalue weighted by Crippen LogP contribution is 2.23. The molecule has 0 aliphatic carbocycles. The molecule has 2 aromatic carbocycles. The van der Waals surface area contributed by atoms with E-state index in [1.165, 1.54) is 11.6 Å². The van der Waals surface area contributed by atoms with Crippen molar-refractivity contribution >= 4 is 17.1 Å². The van der Waals surface area contributed by atoms with E-state index in [-0.39, 0.29) is 5.69 Å². The molecule has 0 aliphatic rings. The Bertz CT molecular complexity index is 648. The summed E-state index contributed by atoms with van der Waals surface area (Å²) in [5.74, 6) is 0. The van der Waals surface area contributed by atoms with Gasteiger partial charge in [0.15, 0.2) is 0 Å². The van der Waals surface area contributed by atoms with E-state index < -0.39 is 4.92 Å². The van der Waals surface area contributed by atoms with Crippen molar-refractivity contribution in [3.8, 4) is 0 Å². The molecule has 0 aliphatic heterocycles. The Balaban J connectivity index is 2.21. The number of rotatable bonds is 4. The predicted octanol–water partition coefficient (Wildman–Crippen LogP) is 3.74. The van der Waals surface area contributed by atoms with Gasteiger partial charge in [-0.05, 0) is 25.5 Å². The molecule has 0 saturated heterocycles. The van der Waals surface area contributed by atoms with E-state index >= 15 is 0 Å². The number of nitrogens with one attached hydrogen (secondary N) is 1. The largest absolute Gasteiger partial charge is 0.294 e. The summed E-state index contributed by atoms with van der Waals surface area (Å²) in [4.78, 5) is 10.5. The number of hydrogen-bond donors (Lipinski definition) is 1. The Kier molecular flexibility index (Phi) is 4.10. The fraction of sp³-hybridized carbons (Fsp3) is 0.133. The molecular formula is C15H15N3O2. The van der Waals surface area contributed by atoms with Crippen LogP contribution < -0.4 is 5.43 Å². The molecule has 0 unspecified atom stereocenters. The first kappa shape index (κ1) is 13.7. The topological polar surface area (TPSA) is 67.5 Å². The number of hydrogen-bond acceptors (Lipinski definition) is 4. The predicted molar refractivity (Wildman–Crippen MR) is 80.1 cm³/mol. The zero-order chi connectivity index (χ0) is 14.5. The molecule has 0 heterocycles. The average molecular weight is 269 g/mol. The Morgan fingerprint density at radius 3 is 2.45 bits per heavy atom. The van der Waals surface area contributed by atoms with Crippen molar-refractivity contribution < 1.29 is 4.92 Å². The van der Waals surface area contributed by atoms with Crippen LogP contribution in [0.5, 0.6) is 0 Å². The molecular weight excluding hydrogens is 254 g/mol. The van der Waals surface area contributed by atoms with Crippen LogP contribution in [0.25, 0.3) is 0 Å². The third-order valence-corrected chi connectivity index (χ3v) is 2.91. The highest BCUT2D eigenvalue weighted by Gasteiger charge is 2.11. The van der Waals surface area contributed by atoms with Crippen LogP contribution in [0.4, 0.5) is 11.4 Å². The molecule has 0 spiro atoms. The van der Waals surface area contributed by atoms with Crippen LogP contribution >= 0.6 is 0 Å². The van der Waals surface area contributed by atoms with Crippen LogP contribution in [0.2, 0.25) is 0 Å². The molecule has 0 saturated carbocycles. The maximum absolute atomic E-state index is 10.9. The first-order valence-electron chi connectivity index (χ1n) is 6.18. The van der Waals surface area contributed by atoms with Crippen LogP contribution in [-0.4, -0.2) is 10.6 Å². The van der Waals surface area contributed by atoms with Crippen LogP contribution in [0.15, 0.2) is 53.6 Å². The molecule has 0 atom stereocenters. The van der Waals surface area contributed by atoms with Crippen molar-refractivity contribution in [1.29, 1.82) is 0 Å². The molecule has 102 valence electrons. The van der Waals surface area contributed by atoms with Gasteiger partial charge in [0.25, 0.3) is 5.69 Å². The Hall–Kier alpha value is -2.69. The highest BCUT2D eigenvalue weighted by atomic mass is 16.6. The van der Waals surface area contributed by atoms with Crippen molar-refractivity contribution in [2.24, 2.45) is 5.10 Å². The third kappa shape index (κ3) is 3.20. The van der Waals surface area contributed by atoms with E-state index in [0.717, 1.165) is 11.3 Å². The molecule has 1 N–H and O–H groups in total. The van der Waals surface area contributed by atoms with Gasteiger partial charge in [0.2, 0.25) is 0 Å². The van der Waals surface area contributed by atoms with Crippen molar-refractivity contribution in [2.45, 2.75) is 13.8 Å². The zero-order valence-electron chi connectivity index (χ0n) is 11.3. The molecule has 20 heavy (non-hydrogen) atoms. The second-order valence-corrected chi connectivity index (χ2v) is 4.45. The lowest BCUT2D eigenvalue weighted by Gasteiger charge is -2.04. The van der Waals surface area contributed by atoms with Crippen LogP contribution in [-0.2, 0) is 0 Å². The molecule has 0 fully saturated rings. The smallest absolute Gasteiger partial charge is 0.271 e. The normalized spacial score (nSPS) is 11.2. The lowest BCUT2D eigenvalue weighted by Crippen LogP contribution is -2.01. The van der Waals surface area contributed by atoms with E-state index in [9.17, 15) is 10.1 Å². The SMILES string of the molecule is C/C(=N\Nc1ccccc1[N+](=O)[O-])c1ccc(C)cc1. The monoisotopic (exact) mass is 269 g/mol. The quantitative estimate of drug-likeness (QED) is 0.522. The lowest BCUT2D eigenvalue weighted by atomic mass is 10.1. The van der Waals surface area contributed by atoms with Gasteiger partial charge < -0.3 is 0 Å². The lowest BCUT2D eigenvalue weighted by molar-refractivity contribution is -0.384. The Morgan fingerprint density at radius 1 is 1.15 bits per heavy atom. The minimum absolute atomic E-state index is 0.00737. The van der Waals surface area contributed by atoms with Crippen molar-refractivity contribution in [3.05, 3.63) is 69.8 Å². The van der Waals surface area contributed by atoms with Gasteiger partial charge in [0, 0.05) is 6.07 Å². The molecule has 0 aromatic heterocycles. The number of aryl methyl sites for hydroxylation is 1. The van der Waals surface area contributed by atoms with Crippen LogP contribution in [0, 0.1) is 17.0 Å². The van der Waals surface area contributed by atoms with Gasteiger partial charge in [-0.3, -0.25) is 15.5 Å². The molecule has 2 rings (SSSR count). The summed E-state index contributed by atoms with van der Waals surface area (Å²) in [6.07, 6.45) is 0. The summed E-state index contributed by atoms with van der Waals surface area (Å²) in [5, 5.41) is 15.1. The van der Waals surface area contributed by atoms with E-state index in [2.05, 4.69) is 10.5 Å². The van der Waals surface area contributed by atoms with Gasteiger partial charge in [-0.25, -0.2) is 0 Å². The van der Waals surface area contributed by atoms with Gasteiger partial charge >= 0.3 is 0 Å². The molecule has 0 amide bonds. The molecule has 5 heteroatoms. The van der Waals surface area contributed by atoms with Crippen LogP contribution in [0.1, 0.15) is 18.1 Å². The molecule has 5 nitrogen and oxygen atoms in total. The second-order valence-electron chi connectivity index (χ2n) is 4.45. The standard InChI is InChI=1S/C15H15N3O2/c1-11-7-9-13(10-8-11)12(2)16-17-14-5-3-4-6-15(14)18(19)20/h3-10,17H,1-2H3/b16-12+. The van der Waals surface area contributed by atoms with Gasteiger partial charge in [0.05, 0.1) is 10.6 Å². The van der Waals surface area contributed by atoms with E-state index in [1.54, 1.807) is 18.2 Å².